The number of aromatic nitrogens is 1. The summed E-state index contributed by atoms with van der Waals surface area (Å²) in [5.41, 5.74) is 3.80. The molecular weight excluding hydrogens is 403 g/mol. The smallest absolute Gasteiger partial charge is 0.240 e. The molecule has 1 aromatic heterocycles. The Morgan fingerprint density at radius 2 is 1.73 bits per heavy atom. The maximum absolute atomic E-state index is 13.3. The van der Waals surface area contributed by atoms with Gasteiger partial charge in [0, 0.05) is 18.8 Å². The number of nitrogens with zero attached hydrogens (tertiary/aromatic N) is 2. The monoisotopic (exact) mass is 424 g/mol. The van der Waals surface area contributed by atoms with Gasteiger partial charge in [0.05, 0.1) is 21.8 Å². The Labute approximate surface area is 175 Å². The van der Waals surface area contributed by atoms with Crippen LogP contribution in [0.25, 0.3) is 0 Å². The minimum absolute atomic E-state index is 0.0102. The zero-order valence-corrected chi connectivity index (χ0v) is 17.4. The summed E-state index contributed by atoms with van der Waals surface area (Å²) in [5, 5.41) is 12.6. The number of hydrogen-bond acceptors (Lipinski definition) is 5. The molecule has 154 valence electrons. The topological polar surface area (TPSA) is 94.9 Å². The van der Waals surface area contributed by atoms with Crippen molar-refractivity contribution in [2.45, 2.75) is 31.8 Å². The lowest BCUT2D eigenvalue weighted by Gasteiger charge is -2.12. The molecule has 0 aliphatic heterocycles. The highest BCUT2D eigenvalue weighted by Gasteiger charge is 2.15. The number of anilines is 1. The van der Waals surface area contributed by atoms with Gasteiger partial charge in [-0.2, -0.15) is 5.26 Å². The lowest BCUT2D eigenvalue weighted by atomic mass is 10.1. The predicted molar refractivity (Wildman–Crippen MR) is 113 cm³/mol. The van der Waals surface area contributed by atoms with Crippen LogP contribution in [0, 0.1) is 31.0 Å². The van der Waals surface area contributed by atoms with Crippen molar-refractivity contribution in [2.75, 3.05) is 5.32 Å². The molecule has 0 atom stereocenters. The van der Waals surface area contributed by atoms with Gasteiger partial charge in [0.15, 0.2) is 0 Å². The summed E-state index contributed by atoms with van der Waals surface area (Å²) in [6, 6.07) is 16.2. The lowest BCUT2D eigenvalue weighted by Crippen LogP contribution is -2.23. The number of aryl methyl sites for hydroxylation is 2. The number of benzene rings is 2. The molecule has 0 aliphatic carbocycles. The summed E-state index contributed by atoms with van der Waals surface area (Å²) in [7, 11) is -3.77. The maximum Gasteiger partial charge on any atom is 0.240 e. The van der Waals surface area contributed by atoms with Gasteiger partial charge >= 0.3 is 0 Å². The highest BCUT2D eigenvalue weighted by Crippen LogP contribution is 2.20. The number of nitrogens with one attached hydrogen (secondary N) is 2. The molecule has 3 aromatic rings. The number of halogens is 1. The minimum atomic E-state index is -3.77. The molecule has 30 heavy (non-hydrogen) atoms. The van der Waals surface area contributed by atoms with Gasteiger partial charge < -0.3 is 5.32 Å². The zero-order chi connectivity index (χ0) is 21.7. The van der Waals surface area contributed by atoms with Crippen LogP contribution in [0.3, 0.4) is 0 Å². The molecule has 0 bridgehead atoms. The molecule has 3 rings (SSSR count). The number of sulfonamides is 1. The normalized spacial score (nSPS) is 11.1. The van der Waals surface area contributed by atoms with E-state index in [0.717, 1.165) is 11.3 Å². The second-order valence-electron chi connectivity index (χ2n) is 6.84. The molecule has 0 radical (unpaired) electrons. The molecule has 1 heterocycles. The summed E-state index contributed by atoms with van der Waals surface area (Å²) in [6.45, 7) is 3.94. The summed E-state index contributed by atoms with van der Waals surface area (Å²) in [4.78, 5) is 4.40. The molecule has 0 aliphatic rings. The van der Waals surface area contributed by atoms with Gasteiger partial charge in [0.25, 0.3) is 0 Å². The van der Waals surface area contributed by atoms with Crippen molar-refractivity contribution in [3.05, 3.63) is 88.5 Å². The molecule has 0 saturated heterocycles. The third kappa shape index (κ3) is 5.20. The van der Waals surface area contributed by atoms with Crippen LogP contribution in [-0.4, -0.2) is 13.4 Å². The number of pyridine rings is 1. The fourth-order valence-corrected chi connectivity index (χ4v) is 4.13. The Morgan fingerprint density at radius 1 is 1.03 bits per heavy atom. The minimum Gasteiger partial charge on any atom is -0.380 e. The SMILES string of the molecule is Cc1cc(NCc2cccc(S(=O)(=O)NCc3cccc(F)c3)c2)c(C#N)c(C)n1. The van der Waals surface area contributed by atoms with Crippen molar-refractivity contribution >= 4 is 15.7 Å². The maximum atomic E-state index is 13.3. The van der Waals surface area contributed by atoms with Crippen LogP contribution in [0.5, 0.6) is 0 Å². The number of rotatable bonds is 7. The van der Waals surface area contributed by atoms with Crippen molar-refractivity contribution in [3.8, 4) is 6.07 Å². The molecule has 0 unspecified atom stereocenters. The largest absolute Gasteiger partial charge is 0.380 e. The second-order valence-corrected chi connectivity index (χ2v) is 8.61. The quantitative estimate of drug-likeness (QED) is 0.602. The fourth-order valence-electron chi connectivity index (χ4n) is 3.04. The molecule has 0 spiro atoms. The average molecular weight is 425 g/mol. The van der Waals surface area contributed by atoms with E-state index in [-0.39, 0.29) is 11.4 Å². The van der Waals surface area contributed by atoms with Gasteiger partial charge in [0.1, 0.15) is 11.9 Å². The van der Waals surface area contributed by atoms with E-state index in [0.29, 0.717) is 29.1 Å². The van der Waals surface area contributed by atoms with Gasteiger partial charge in [0.2, 0.25) is 10.0 Å². The van der Waals surface area contributed by atoms with Gasteiger partial charge in [-0.05, 0) is 55.3 Å². The highest BCUT2D eigenvalue weighted by atomic mass is 32.2. The van der Waals surface area contributed by atoms with Gasteiger partial charge in [-0.25, -0.2) is 17.5 Å². The number of nitriles is 1. The first-order valence-corrected chi connectivity index (χ1v) is 10.7. The van der Waals surface area contributed by atoms with Crippen LogP contribution < -0.4 is 10.0 Å². The summed E-state index contributed by atoms with van der Waals surface area (Å²) >= 11 is 0. The van der Waals surface area contributed by atoms with E-state index in [9.17, 15) is 18.1 Å². The van der Waals surface area contributed by atoms with E-state index in [1.165, 1.54) is 24.3 Å². The fraction of sp³-hybridized carbons (Fsp3) is 0.182. The lowest BCUT2D eigenvalue weighted by molar-refractivity contribution is 0.580. The molecule has 0 saturated carbocycles. The van der Waals surface area contributed by atoms with Gasteiger partial charge in [-0.15, -0.1) is 0 Å². The van der Waals surface area contributed by atoms with Crippen LogP contribution in [0.1, 0.15) is 28.1 Å². The van der Waals surface area contributed by atoms with E-state index < -0.39 is 15.8 Å². The molecular formula is C22H21FN4O2S. The van der Waals surface area contributed by atoms with Crippen molar-refractivity contribution in [1.29, 1.82) is 5.26 Å². The van der Waals surface area contributed by atoms with Crippen molar-refractivity contribution in [1.82, 2.24) is 9.71 Å². The molecule has 2 aromatic carbocycles. The summed E-state index contributed by atoms with van der Waals surface area (Å²) in [5.74, 6) is -0.418. The Morgan fingerprint density at radius 3 is 2.43 bits per heavy atom. The second kappa shape index (κ2) is 9.03. The number of hydrogen-bond donors (Lipinski definition) is 2. The van der Waals surface area contributed by atoms with Gasteiger partial charge in [-0.1, -0.05) is 24.3 Å². The summed E-state index contributed by atoms with van der Waals surface area (Å²) in [6.07, 6.45) is 0. The van der Waals surface area contributed by atoms with Crippen LogP contribution in [-0.2, 0) is 23.1 Å². The average Bonchev–Trinajstić information content (AvgIpc) is 2.71. The third-order valence-corrected chi connectivity index (χ3v) is 5.89. The van der Waals surface area contributed by atoms with E-state index in [1.54, 1.807) is 37.3 Å². The Balaban J connectivity index is 1.74. The molecule has 0 amide bonds. The molecule has 6 nitrogen and oxygen atoms in total. The van der Waals surface area contributed by atoms with E-state index in [2.05, 4.69) is 21.1 Å². The van der Waals surface area contributed by atoms with E-state index in [4.69, 9.17) is 0 Å². The van der Waals surface area contributed by atoms with Crippen LogP contribution in [0.15, 0.2) is 59.5 Å². The first-order valence-electron chi connectivity index (χ1n) is 9.24. The Kier molecular flexibility index (Phi) is 6.45. The molecule has 8 heteroatoms. The molecule has 2 N–H and O–H groups in total. The third-order valence-electron chi connectivity index (χ3n) is 4.49. The van der Waals surface area contributed by atoms with Crippen LogP contribution in [0.2, 0.25) is 0 Å². The Hall–Kier alpha value is -3.28. The van der Waals surface area contributed by atoms with Crippen molar-refractivity contribution in [3.63, 3.8) is 0 Å². The van der Waals surface area contributed by atoms with Crippen LogP contribution in [0.4, 0.5) is 10.1 Å². The van der Waals surface area contributed by atoms with E-state index in [1.807, 2.05) is 6.92 Å². The first-order chi connectivity index (χ1) is 14.3. The molecule has 0 fully saturated rings. The highest BCUT2D eigenvalue weighted by molar-refractivity contribution is 7.89. The standard InChI is InChI=1S/C22H21FN4O2S/c1-15-9-22(21(12-24)16(2)27-15)25-13-18-6-4-8-20(11-18)30(28,29)26-14-17-5-3-7-19(23)10-17/h3-11,26H,13-14H2,1-2H3,(H,25,27). The first kappa shape index (κ1) is 21.4. The summed E-state index contributed by atoms with van der Waals surface area (Å²) < 4.78 is 41.0. The zero-order valence-electron chi connectivity index (χ0n) is 16.6. The Bertz CT molecular complexity index is 1220. The van der Waals surface area contributed by atoms with Crippen molar-refractivity contribution in [2.24, 2.45) is 0 Å². The van der Waals surface area contributed by atoms with Gasteiger partial charge in [-0.3, -0.25) is 4.98 Å². The van der Waals surface area contributed by atoms with E-state index >= 15 is 0 Å². The predicted octanol–water partition coefficient (Wildman–Crippen LogP) is 3.80. The van der Waals surface area contributed by atoms with Crippen LogP contribution >= 0.6 is 0 Å². The van der Waals surface area contributed by atoms with Crippen molar-refractivity contribution < 1.29 is 12.8 Å².